The number of nitrogens with two attached hydrogens (primary N) is 1. The van der Waals surface area contributed by atoms with Crippen molar-refractivity contribution in [3.63, 3.8) is 0 Å². The van der Waals surface area contributed by atoms with Crippen molar-refractivity contribution < 1.29 is 13.2 Å². The summed E-state index contributed by atoms with van der Waals surface area (Å²) < 4.78 is 25.1. The first-order chi connectivity index (χ1) is 14.3. The Morgan fingerprint density at radius 3 is 2.63 bits per heavy atom. The lowest BCUT2D eigenvalue weighted by Crippen LogP contribution is -2.34. The van der Waals surface area contributed by atoms with Crippen molar-refractivity contribution in [2.75, 3.05) is 5.75 Å². The van der Waals surface area contributed by atoms with Crippen LogP contribution >= 0.6 is 11.8 Å². The predicted molar refractivity (Wildman–Crippen MR) is 120 cm³/mol. The number of aromatic nitrogens is 2. The van der Waals surface area contributed by atoms with Crippen LogP contribution in [0, 0.1) is 0 Å². The molecule has 160 valence electrons. The van der Waals surface area contributed by atoms with E-state index in [4.69, 9.17) is 5.14 Å². The van der Waals surface area contributed by atoms with E-state index in [1.807, 2.05) is 36.6 Å². The van der Waals surface area contributed by atoms with Gasteiger partial charge in [-0.1, -0.05) is 42.1 Å². The van der Waals surface area contributed by atoms with Gasteiger partial charge in [0, 0.05) is 12.6 Å². The fourth-order valence-corrected chi connectivity index (χ4v) is 4.65. The molecule has 0 bridgehead atoms. The number of amides is 1. The molecule has 1 amide bonds. The molecule has 3 aromatic rings. The first kappa shape index (κ1) is 22.3. The number of carbonyl (C=O) groups excluding carboxylic acids is 1. The molecule has 1 aromatic heterocycles. The van der Waals surface area contributed by atoms with Crippen LogP contribution in [0.25, 0.3) is 11.0 Å². The van der Waals surface area contributed by atoms with E-state index in [0.29, 0.717) is 17.2 Å². The second-order valence-electron chi connectivity index (χ2n) is 7.12. The second kappa shape index (κ2) is 9.63. The zero-order valence-electron chi connectivity index (χ0n) is 17.0. The summed E-state index contributed by atoms with van der Waals surface area (Å²) in [7, 11) is -3.79. The number of primary sulfonamides is 1. The average molecular weight is 447 g/mol. The SMILES string of the molecule is CCn1c(SCC(=O)N[C@@H](C)CCc2ccccc2)nc2cc(S(N)(=O)=O)ccc21. The average Bonchev–Trinajstić information content (AvgIpc) is 3.07. The highest BCUT2D eigenvalue weighted by molar-refractivity contribution is 7.99. The normalized spacial score (nSPS) is 12.8. The Balaban J connectivity index is 1.61. The maximum absolute atomic E-state index is 12.4. The summed E-state index contributed by atoms with van der Waals surface area (Å²) in [6, 6.07) is 14.9. The van der Waals surface area contributed by atoms with Gasteiger partial charge < -0.3 is 9.88 Å². The van der Waals surface area contributed by atoms with Gasteiger partial charge in [0.1, 0.15) is 0 Å². The van der Waals surface area contributed by atoms with Crippen molar-refractivity contribution in [1.82, 2.24) is 14.9 Å². The Morgan fingerprint density at radius 2 is 1.97 bits per heavy atom. The molecule has 2 aromatic carbocycles. The largest absolute Gasteiger partial charge is 0.353 e. The van der Waals surface area contributed by atoms with E-state index >= 15 is 0 Å². The number of nitrogens with zero attached hydrogens (tertiary/aromatic N) is 2. The molecular formula is C21H26N4O3S2. The molecule has 9 heteroatoms. The van der Waals surface area contributed by atoms with Crippen LogP contribution in [0.5, 0.6) is 0 Å². The van der Waals surface area contributed by atoms with Crippen LogP contribution in [-0.2, 0) is 27.8 Å². The smallest absolute Gasteiger partial charge is 0.238 e. The van der Waals surface area contributed by atoms with Crippen LogP contribution in [0.3, 0.4) is 0 Å². The zero-order chi connectivity index (χ0) is 21.7. The highest BCUT2D eigenvalue weighted by Crippen LogP contribution is 2.25. The van der Waals surface area contributed by atoms with Gasteiger partial charge in [0.2, 0.25) is 15.9 Å². The molecule has 0 aliphatic rings. The number of fused-ring (bicyclic) bond motifs is 1. The standard InChI is InChI=1S/C21H26N4O3S2/c1-3-25-19-12-11-17(30(22,27)28)13-18(19)24-21(25)29-14-20(26)23-15(2)9-10-16-7-5-4-6-8-16/h4-8,11-13,15H,3,9-10,14H2,1-2H3,(H,23,26)(H2,22,27,28)/t15-/m0/s1. The van der Waals surface area contributed by atoms with Gasteiger partial charge in [0.15, 0.2) is 5.16 Å². The van der Waals surface area contributed by atoms with Gasteiger partial charge in [-0.3, -0.25) is 4.79 Å². The summed E-state index contributed by atoms with van der Waals surface area (Å²) in [5.41, 5.74) is 2.61. The van der Waals surface area contributed by atoms with Crippen molar-refractivity contribution in [2.24, 2.45) is 5.14 Å². The molecular weight excluding hydrogens is 420 g/mol. The Hall–Kier alpha value is -2.36. The molecule has 0 aliphatic carbocycles. The number of hydrogen-bond acceptors (Lipinski definition) is 5. The highest BCUT2D eigenvalue weighted by Gasteiger charge is 2.16. The van der Waals surface area contributed by atoms with Crippen molar-refractivity contribution in [3.8, 4) is 0 Å². The van der Waals surface area contributed by atoms with Crippen LogP contribution < -0.4 is 10.5 Å². The summed E-state index contributed by atoms with van der Waals surface area (Å²) in [6.07, 6.45) is 1.78. The number of nitrogens with one attached hydrogen (secondary N) is 1. The van der Waals surface area contributed by atoms with Crippen molar-refractivity contribution in [3.05, 3.63) is 54.1 Å². The van der Waals surface area contributed by atoms with Crippen LogP contribution in [0.2, 0.25) is 0 Å². The Labute approximate surface area is 181 Å². The minimum Gasteiger partial charge on any atom is -0.353 e. The minimum absolute atomic E-state index is 0.0253. The van der Waals surface area contributed by atoms with Gasteiger partial charge >= 0.3 is 0 Å². The van der Waals surface area contributed by atoms with E-state index in [-0.39, 0.29) is 22.6 Å². The molecule has 0 aliphatic heterocycles. The number of thioether (sulfide) groups is 1. The van der Waals surface area contributed by atoms with E-state index in [0.717, 1.165) is 18.4 Å². The van der Waals surface area contributed by atoms with Crippen molar-refractivity contribution in [1.29, 1.82) is 0 Å². The molecule has 0 radical (unpaired) electrons. The number of benzene rings is 2. The summed E-state index contributed by atoms with van der Waals surface area (Å²) in [6.45, 7) is 4.63. The van der Waals surface area contributed by atoms with Crippen LogP contribution in [-0.4, -0.2) is 35.7 Å². The second-order valence-corrected chi connectivity index (χ2v) is 9.62. The Kier molecular flexibility index (Phi) is 7.17. The van der Waals surface area contributed by atoms with Gasteiger partial charge in [-0.15, -0.1) is 0 Å². The van der Waals surface area contributed by atoms with Gasteiger partial charge in [-0.05, 0) is 50.5 Å². The number of rotatable bonds is 9. The minimum atomic E-state index is -3.79. The van der Waals surface area contributed by atoms with E-state index < -0.39 is 10.0 Å². The van der Waals surface area contributed by atoms with E-state index in [2.05, 4.69) is 22.4 Å². The van der Waals surface area contributed by atoms with Gasteiger partial charge in [0.25, 0.3) is 0 Å². The number of carbonyl (C=O) groups is 1. The first-order valence-corrected chi connectivity index (χ1v) is 12.3. The summed E-state index contributed by atoms with van der Waals surface area (Å²) in [4.78, 5) is 16.9. The molecule has 3 N–H and O–H groups in total. The number of aryl methyl sites for hydroxylation is 2. The summed E-state index contributed by atoms with van der Waals surface area (Å²) >= 11 is 1.33. The fraction of sp³-hybridized carbons (Fsp3) is 0.333. The topological polar surface area (TPSA) is 107 Å². The lowest BCUT2D eigenvalue weighted by Gasteiger charge is -2.14. The third-order valence-electron chi connectivity index (χ3n) is 4.78. The van der Waals surface area contributed by atoms with Crippen molar-refractivity contribution in [2.45, 2.75) is 49.3 Å². The van der Waals surface area contributed by atoms with Crippen LogP contribution in [0.15, 0.2) is 58.6 Å². The van der Waals surface area contributed by atoms with Gasteiger partial charge in [0.05, 0.1) is 21.7 Å². The van der Waals surface area contributed by atoms with E-state index in [1.54, 1.807) is 6.07 Å². The zero-order valence-corrected chi connectivity index (χ0v) is 18.7. The predicted octanol–water partition coefficient (Wildman–Crippen LogP) is 2.93. The van der Waals surface area contributed by atoms with E-state index in [9.17, 15) is 13.2 Å². The third-order valence-corrected chi connectivity index (χ3v) is 6.67. The Morgan fingerprint density at radius 1 is 1.23 bits per heavy atom. The molecule has 30 heavy (non-hydrogen) atoms. The molecule has 7 nitrogen and oxygen atoms in total. The molecule has 0 spiro atoms. The maximum Gasteiger partial charge on any atom is 0.238 e. The highest BCUT2D eigenvalue weighted by atomic mass is 32.2. The van der Waals surface area contributed by atoms with Crippen molar-refractivity contribution >= 4 is 38.7 Å². The van der Waals surface area contributed by atoms with Crippen LogP contribution in [0.1, 0.15) is 25.8 Å². The summed E-state index contributed by atoms with van der Waals surface area (Å²) in [5.74, 6) is 0.182. The molecule has 0 saturated carbocycles. The lowest BCUT2D eigenvalue weighted by atomic mass is 10.1. The monoisotopic (exact) mass is 446 g/mol. The third kappa shape index (κ3) is 5.62. The van der Waals surface area contributed by atoms with E-state index in [1.165, 1.54) is 29.5 Å². The first-order valence-electron chi connectivity index (χ1n) is 9.77. The molecule has 0 unspecified atom stereocenters. The van der Waals surface area contributed by atoms with Gasteiger partial charge in [-0.25, -0.2) is 18.5 Å². The summed E-state index contributed by atoms with van der Waals surface area (Å²) in [5, 5.41) is 8.91. The molecule has 1 heterocycles. The quantitative estimate of drug-likeness (QED) is 0.492. The molecule has 3 rings (SSSR count). The van der Waals surface area contributed by atoms with Gasteiger partial charge in [-0.2, -0.15) is 0 Å². The lowest BCUT2D eigenvalue weighted by molar-refractivity contribution is -0.119. The molecule has 1 atom stereocenters. The molecule has 0 saturated heterocycles. The van der Waals surface area contributed by atoms with Crippen LogP contribution in [0.4, 0.5) is 0 Å². The molecule has 0 fully saturated rings. The number of sulfonamides is 1. The number of imidazole rings is 1. The maximum atomic E-state index is 12.4. The number of hydrogen-bond donors (Lipinski definition) is 2. The fourth-order valence-electron chi connectivity index (χ4n) is 3.23. The Bertz CT molecular complexity index is 1130.